The summed E-state index contributed by atoms with van der Waals surface area (Å²) in [4.78, 5) is 16.5. The largest absolute Gasteiger partial charge is 0.340 e. The van der Waals surface area contributed by atoms with Crippen molar-refractivity contribution < 1.29 is 4.79 Å². The van der Waals surface area contributed by atoms with Crippen LogP contribution in [0.4, 0.5) is 5.13 Å². The van der Waals surface area contributed by atoms with Gasteiger partial charge >= 0.3 is 0 Å². The Morgan fingerprint density at radius 1 is 1.50 bits per heavy atom. The average Bonchev–Trinajstić information content (AvgIpc) is 3.09. The van der Waals surface area contributed by atoms with Gasteiger partial charge in [-0.3, -0.25) is 10.1 Å². The Kier molecular flexibility index (Phi) is 3.79. The van der Waals surface area contributed by atoms with Gasteiger partial charge in [-0.2, -0.15) is 4.37 Å². The normalized spacial score (nSPS) is 16.2. The number of nitrogens with zero attached hydrogens (tertiary/aromatic N) is 3. The zero-order valence-electron chi connectivity index (χ0n) is 11.3. The third-order valence-corrected chi connectivity index (χ3v) is 4.18. The van der Waals surface area contributed by atoms with Crippen LogP contribution in [-0.2, 0) is 0 Å². The molecule has 0 bridgehead atoms. The molecule has 1 amide bonds. The summed E-state index contributed by atoms with van der Waals surface area (Å²) in [6.45, 7) is 3.81. The van der Waals surface area contributed by atoms with Crippen molar-refractivity contribution in [3.8, 4) is 0 Å². The molecule has 106 valence electrons. The minimum Gasteiger partial charge on any atom is -0.340 e. The third kappa shape index (κ3) is 2.73. The molecule has 3 rings (SSSR count). The summed E-state index contributed by atoms with van der Waals surface area (Å²) >= 11 is 1.20. The Balaban J connectivity index is 1.76. The number of carbonyl (C=O) groups is 1. The summed E-state index contributed by atoms with van der Waals surface area (Å²) in [5, 5.41) is 6.70. The molecule has 2 aromatic rings. The zero-order valence-corrected chi connectivity index (χ0v) is 12.1. The summed E-state index contributed by atoms with van der Waals surface area (Å²) in [5.41, 5.74) is 0.685. The van der Waals surface area contributed by atoms with E-state index in [4.69, 9.17) is 0 Å². The number of nitrogens with one attached hydrogen (secondary N) is 2. The number of anilines is 1. The van der Waals surface area contributed by atoms with Crippen molar-refractivity contribution in [2.75, 3.05) is 18.4 Å². The van der Waals surface area contributed by atoms with Crippen molar-refractivity contribution in [3.63, 3.8) is 0 Å². The van der Waals surface area contributed by atoms with Crippen LogP contribution < -0.4 is 10.6 Å². The van der Waals surface area contributed by atoms with E-state index >= 15 is 0 Å². The summed E-state index contributed by atoms with van der Waals surface area (Å²) in [7, 11) is 0. The Morgan fingerprint density at radius 2 is 2.30 bits per heavy atom. The number of hydrogen-bond donors (Lipinski definition) is 2. The van der Waals surface area contributed by atoms with E-state index in [9.17, 15) is 4.79 Å². The van der Waals surface area contributed by atoms with Crippen LogP contribution in [0.5, 0.6) is 0 Å². The highest BCUT2D eigenvalue weighted by atomic mass is 32.1. The molecule has 2 aromatic heterocycles. The van der Waals surface area contributed by atoms with E-state index in [1.807, 2.05) is 25.3 Å². The number of piperidine rings is 1. The Hall–Kier alpha value is -1.73. The van der Waals surface area contributed by atoms with Crippen molar-refractivity contribution in [3.05, 3.63) is 29.8 Å². The quantitative estimate of drug-likeness (QED) is 0.905. The third-order valence-electron chi connectivity index (χ3n) is 3.46. The molecular weight excluding hydrogens is 274 g/mol. The topological polar surface area (TPSA) is 71.8 Å². The van der Waals surface area contributed by atoms with Gasteiger partial charge in [0.2, 0.25) is 5.13 Å². The molecule has 1 fully saturated rings. The molecule has 0 radical (unpaired) electrons. The number of aromatic nitrogens is 3. The maximum Gasteiger partial charge on any atom is 0.274 e. The molecule has 0 saturated carbocycles. The van der Waals surface area contributed by atoms with E-state index in [2.05, 4.69) is 24.6 Å². The Morgan fingerprint density at radius 3 is 3.00 bits per heavy atom. The molecule has 0 atom stereocenters. The van der Waals surface area contributed by atoms with Crippen LogP contribution >= 0.6 is 11.5 Å². The summed E-state index contributed by atoms with van der Waals surface area (Å²) < 4.78 is 6.14. The van der Waals surface area contributed by atoms with Crippen molar-refractivity contribution in [2.24, 2.45) is 0 Å². The van der Waals surface area contributed by atoms with Crippen LogP contribution in [0, 0.1) is 6.92 Å². The van der Waals surface area contributed by atoms with Gasteiger partial charge in [0.15, 0.2) is 0 Å². The predicted molar refractivity (Wildman–Crippen MR) is 78.2 cm³/mol. The van der Waals surface area contributed by atoms with Gasteiger partial charge in [0.05, 0.1) is 0 Å². The summed E-state index contributed by atoms with van der Waals surface area (Å²) in [6.07, 6.45) is 4.08. The molecule has 6 nitrogen and oxygen atoms in total. The molecule has 0 aromatic carbocycles. The lowest BCUT2D eigenvalue weighted by Gasteiger charge is -2.25. The van der Waals surface area contributed by atoms with E-state index in [0.29, 0.717) is 22.7 Å². The maximum absolute atomic E-state index is 12.3. The monoisotopic (exact) mass is 291 g/mol. The lowest BCUT2D eigenvalue weighted by molar-refractivity contribution is 0.101. The lowest BCUT2D eigenvalue weighted by atomic mass is 10.1. The van der Waals surface area contributed by atoms with Crippen LogP contribution in [0.2, 0.25) is 0 Å². The molecule has 1 aliphatic heterocycles. The van der Waals surface area contributed by atoms with Crippen LogP contribution in [0.25, 0.3) is 0 Å². The number of carbonyl (C=O) groups excluding carboxylic acids is 1. The molecule has 3 heterocycles. The fraction of sp³-hybridized carbons (Fsp3) is 0.462. The first-order chi connectivity index (χ1) is 9.74. The van der Waals surface area contributed by atoms with Crippen LogP contribution in [-0.4, -0.2) is 32.9 Å². The Labute approximate surface area is 121 Å². The zero-order chi connectivity index (χ0) is 13.9. The number of hydrogen-bond acceptors (Lipinski definition) is 5. The van der Waals surface area contributed by atoms with Gasteiger partial charge in [-0.1, -0.05) is 0 Å². The first-order valence-electron chi connectivity index (χ1n) is 6.73. The first kappa shape index (κ1) is 13.3. The predicted octanol–water partition coefficient (Wildman–Crippen LogP) is 1.82. The van der Waals surface area contributed by atoms with Crippen molar-refractivity contribution in [2.45, 2.75) is 25.8 Å². The van der Waals surface area contributed by atoms with Crippen LogP contribution in [0.1, 0.15) is 35.2 Å². The second-order valence-corrected chi connectivity index (χ2v) is 5.63. The van der Waals surface area contributed by atoms with Crippen molar-refractivity contribution in [1.29, 1.82) is 0 Å². The van der Waals surface area contributed by atoms with Gasteiger partial charge < -0.3 is 9.88 Å². The molecule has 20 heavy (non-hydrogen) atoms. The molecule has 0 aliphatic carbocycles. The molecule has 2 N–H and O–H groups in total. The highest BCUT2D eigenvalue weighted by Gasteiger charge is 2.20. The van der Waals surface area contributed by atoms with Gasteiger partial charge in [0, 0.05) is 23.8 Å². The second kappa shape index (κ2) is 5.72. The van der Waals surface area contributed by atoms with Crippen LogP contribution in [0.15, 0.2) is 18.3 Å². The highest BCUT2D eigenvalue weighted by molar-refractivity contribution is 7.09. The maximum atomic E-state index is 12.3. The fourth-order valence-corrected chi connectivity index (χ4v) is 3.07. The van der Waals surface area contributed by atoms with E-state index in [-0.39, 0.29) is 5.91 Å². The number of aryl methyl sites for hydroxylation is 1. The van der Waals surface area contributed by atoms with Gasteiger partial charge in [-0.25, -0.2) is 4.98 Å². The SMILES string of the molecule is Cc1nsc(NC(=O)c2cccn2C2CCNCC2)n1. The highest BCUT2D eigenvalue weighted by Crippen LogP contribution is 2.22. The minimum absolute atomic E-state index is 0.121. The van der Waals surface area contributed by atoms with E-state index in [1.165, 1.54) is 11.5 Å². The number of rotatable bonds is 3. The molecule has 0 spiro atoms. The average molecular weight is 291 g/mol. The van der Waals surface area contributed by atoms with Gasteiger partial charge in [0.1, 0.15) is 11.5 Å². The van der Waals surface area contributed by atoms with Gasteiger partial charge in [0.25, 0.3) is 5.91 Å². The van der Waals surface area contributed by atoms with Crippen LogP contribution in [0.3, 0.4) is 0 Å². The van der Waals surface area contributed by atoms with E-state index in [0.717, 1.165) is 25.9 Å². The molecule has 7 heteroatoms. The summed E-state index contributed by atoms with van der Waals surface area (Å²) in [5.74, 6) is 0.559. The molecule has 0 unspecified atom stereocenters. The first-order valence-corrected chi connectivity index (χ1v) is 7.50. The lowest BCUT2D eigenvalue weighted by Crippen LogP contribution is -2.31. The van der Waals surface area contributed by atoms with E-state index < -0.39 is 0 Å². The molecule has 1 saturated heterocycles. The second-order valence-electron chi connectivity index (χ2n) is 4.88. The van der Waals surface area contributed by atoms with Gasteiger partial charge in [-0.15, -0.1) is 0 Å². The molecular formula is C13H17N5OS. The van der Waals surface area contributed by atoms with Gasteiger partial charge in [-0.05, 0) is 45.0 Å². The smallest absolute Gasteiger partial charge is 0.274 e. The standard InChI is InChI=1S/C13H17N5OS/c1-9-15-13(20-17-9)16-12(19)11-3-2-8-18(11)10-4-6-14-7-5-10/h2-3,8,10,14H,4-7H2,1H3,(H,15,16,17,19). The summed E-state index contributed by atoms with van der Waals surface area (Å²) in [6, 6.07) is 4.16. The molecule has 1 aliphatic rings. The minimum atomic E-state index is -0.121. The van der Waals surface area contributed by atoms with Crippen molar-refractivity contribution >= 4 is 22.6 Å². The fourth-order valence-electron chi connectivity index (χ4n) is 2.50. The Bertz CT molecular complexity index is 599. The van der Waals surface area contributed by atoms with Crippen molar-refractivity contribution in [1.82, 2.24) is 19.2 Å². The number of amides is 1. The van der Waals surface area contributed by atoms with E-state index in [1.54, 1.807) is 0 Å².